The number of rotatable bonds is 4. The van der Waals surface area contributed by atoms with Gasteiger partial charge in [-0.25, -0.2) is 9.18 Å². The number of halogens is 1. The van der Waals surface area contributed by atoms with Crippen LogP contribution in [0.5, 0.6) is 0 Å². The van der Waals surface area contributed by atoms with Gasteiger partial charge < -0.3 is 10.1 Å². The minimum absolute atomic E-state index is 0.381. The van der Waals surface area contributed by atoms with Crippen LogP contribution in [0.15, 0.2) is 30.3 Å². The highest BCUT2D eigenvalue weighted by molar-refractivity contribution is 7.14. The molecular formula is C19H20FNO3S. The van der Waals surface area contributed by atoms with Crippen LogP contribution in [-0.2, 0) is 22.4 Å². The van der Waals surface area contributed by atoms with Gasteiger partial charge in [-0.15, -0.1) is 11.3 Å². The van der Waals surface area contributed by atoms with Gasteiger partial charge >= 0.3 is 5.97 Å². The van der Waals surface area contributed by atoms with Crippen LogP contribution < -0.4 is 5.32 Å². The zero-order chi connectivity index (χ0) is 18.0. The molecule has 3 rings (SSSR count). The fraction of sp³-hybridized carbons (Fsp3) is 0.368. The molecule has 0 fully saturated rings. The molecule has 1 heterocycles. The number of amides is 1. The highest BCUT2D eigenvalue weighted by atomic mass is 32.1. The third-order valence-corrected chi connectivity index (χ3v) is 5.51. The minimum atomic E-state index is -0.935. The smallest absolute Gasteiger partial charge is 0.349 e. The molecule has 1 aromatic carbocycles. The molecule has 1 aliphatic rings. The van der Waals surface area contributed by atoms with E-state index in [1.807, 2.05) is 6.07 Å². The molecule has 132 valence electrons. The number of carbonyl (C=O) groups excluding carboxylic acids is 2. The first-order chi connectivity index (χ1) is 11.9. The van der Waals surface area contributed by atoms with Crippen LogP contribution >= 0.6 is 11.3 Å². The van der Waals surface area contributed by atoms with Crippen molar-refractivity contribution < 1.29 is 18.7 Å². The van der Waals surface area contributed by atoms with Crippen molar-refractivity contribution >= 4 is 28.9 Å². The van der Waals surface area contributed by atoms with Crippen LogP contribution in [-0.4, -0.2) is 18.0 Å². The Labute approximate surface area is 150 Å². The molecule has 2 atom stereocenters. The van der Waals surface area contributed by atoms with Gasteiger partial charge in [0.25, 0.3) is 5.91 Å². The number of hydrogen-bond donors (Lipinski definition) is 1. The Hall–Kier alpha value is -2.21. The monoisotopic (exact) mass is 361 g/mol. The molecule has 1 aliphatic carbocycles. The SMILES string of the molecule is C[C@H]1CCc2sc(C(=O)O[C@@H](C)C(=O)Nc3ccc(F)cc3)cc2C1. The summed E-state index contributed by atoms with van der Waals surface area (Å²) in [7, 11) is 0. The van der Waals surface area contributed by atoms with Crippen molar-refractivity contribution in [2.24, 2.45) is 5.92 Å². The molecule has 0 unspecified atom stereocenters. The molecule has 0 spiro atoms. The topological polar surface area (TPSA) is 55.4 Å². The first-order valence-electron chi connectivity index (χ1n) is 8.31. The van der Waals surface area contributed by atoms with Gasteiger partial charge in [0, 0.05) is 10.6 Å². The quantitative estimate of drug-likeness (QED) is 0.831. The Kier molecular flexibility index (Phi) is 5.18. The Morgan fingerprint density at radius 3 is 2.76 bits per heavy atom. The standard InChI is InChI=1S/C19H20FNO3S/c1-11-3-8-16-13(9-11)10-17(25-16)19(23)24-12(2)18(22)21-15-6-4-14(20)5-7-15/h4-7,10-12H,3,8-9H2,1-2H3,(H,21,22)/t11-,12-/m0/s1. The van der Waals surface area contributed by atoms with Crippen molar-refractivity contribution in [2.75, 3.05) is 5.32 Å². The number of nitrogens with one attached hydrogen (secondary N) is 1. The van der Waals surface area contributed by atoms with E-state index in [-0.39, 0.29) is 5.82 Å². The average molecular weight is 361 g/mol. The van der Waals surface area contributed by atoms with Crippen LogP contribution in [0.3, 0.4) is 0 Å². The molecular weight excluding hydrogens is 341 g/mol. The fourth-order valence-electron chi connectivity index (χ4n) is 2.86. The summed E-state index contributed by atoms with van der Waals surface area (Å²) in [6.45, 7) is 3.73. The van der Waals surface area contributed by atoms with Crippen LogP contribution in [0.4, 0.5) is 10.1 Å². The second-order valence-electron chi connectivity index (χ2n) is 6.45. The molecule has 0 aliphatic heterocycles. The Morgan fingerprint density at radius 2 is 2.04 bits per heavy atom. The van der Waals surface area contributed by atoms with E-state index in [9.17, 15) is 14.0 Å². The van der Waals surface area contributed by atoms with E-state index in [0.29, 0.717) is 16.5 Å². The van der Waals surface area contributed by atoms with E-state index in [0.717, 1.165) is 19.3 Å². The number of aryl methyl sites for hydroxylation is 1. The van der Waals surface area contributed by atoms with Gasteiger partial charge in [0.15, 0.2) is 6.10 Å². The zero-order valence-corrected chi connectivity index (χ0v) is 15.0. The third kappa shape index (κ3) is 4.25. The van der Waals surface area contributed by atoms with E-state index < -0.39 is 18.0 Å². The van der Waals surface area contributed by atoms with Crippen molar-refractivity contribution in [1.29, 1.82) is 0 Å². The van der Waals surface area contributed by atoms with Crippen LogP contribution in [0, 0.1) is 11.7 Å². The number of carbonyl (C=O) groups is 2. The van der Waals surface area contributed by atoms with Gasteiger partial charge in [0.2, 0.25) is 0 Å². The first-order valence-corrected chi connectivity index (χ1v) is 9.13. The highest BCUT2D eigenvalue weighted by Gasteiger charge is 2.24. The van der Waals surface area contributed by atoms with E-state index in [4.69, 9.17) is 4.74 Å². The van der Waals surface area contributed by atoms with Gasteiger partial charge in [-0.1, -0.05) is 6.92 Å². The largest absolute Gasteiger partial charge is 0.448 e. The molecule has 4 nitrogen and oxygen atoms in total. The lowest BCUT2D eigenvalue weighted by Crippen LogP contribution is -2.29. The highest BCUT2D eigenvalue weighted by Crippen LogP contribution is 2.32. The third-order valence-electron chi connectivity index (χ3n) is 4.30. The van der Waals surface area contributed by atoms with Gasteiger partial charge in [0.05, 0.1) is 0 Å². The van der Waals surface area contributed by atoms with E-state index >= 15 is 0 Å². The van der Waals surface area contributed by atoms with Crippen LogP contribution in [0.25, 0.3) is 0 Å². The zero-order valence-electron chi connectivity index (χ0n) is 14.2. The van der Waals surface area contributed by atoms with Crippen LogP contribution in [0.2, 0.25) is 0 Å². The lowest BCUT2D eigenvalue weighted by Gasteiger charge is -2.16. The first kappa shape index (κ1) is 17.6. The number of benzene rings is 1. The molecule has 1 N–H and O–H groups in total. The molecule has 0 radical (unpaired) electrons. The number of thiophene rings is 1. The summed E-state index contributed by atoms with van der Waals surface area (Å²) in [6.07, 6.45) is 2.18. The van der Waals surface area contributed by atoms with Gasteiger partial charge in [0.1, 0.15) is 10.7 Å². The summed E-state index contributed by atoms with van der Waals surface area (Å²) in [4.78, 5) is 26.2. The van der Waals surface area contributed by atoms with Crippen molar-refractivity contribution in [3.05, 3.63) is 51.5 Å². The average Bonchev–Trinajstić information content (AvgIpc) is 3.00. The fourth-order valence-corrected chi connectivity index (χ4v) is 3.95. The summed E-state index contributed by atoms with van der Waals surface area (Å²) >= 11 is 1.46. The minimum Gasteiger partial charge on any atom is -0.448 e. The Balaban J connectivity index is 1.60. The maximum Gasteiger partial charge on any atom is 0.349 e. The summed E-state index contributed by atoms with van der Waals surface area (Å²) < 4.78 is 18.2. The van der Waals surface area contributed by atoms with Crippen molar-refractivity contribution in [3.8, 4) is 0 Å². The van der Waals surface area contributed by atoms with Crippen molar-refractivity contribution in [1.82, 2.24) is 0 Å². The van der Waals surface area contributed by atoms with Gasteiger partial charge in [-0.05, 0) is 68.0 Å². The maximum absolute atomic E-state index is 12.9. The summed E-state index contributed by atoms with van der Waals surface area (Å²) in [5, 5.41) is 2.60. The van der Waals surface area contributed by atoms with E-state index in [1.165, 1.54) is 53.0 Å². The lowest BCUT2D eigenvalue weighted by atomic mass is 9.90. The molecule has 0 saturated heterocycles. The van der Waals surface area contributed by atoms with Gasteiger partial charge in [-0.3, -0.25) is 4.79 Å². The number of hydrogen-bond acceptors (Lipinski definition) is 4. The Morgan fingerprint density at radius 1 is 1.32 bits per heavy atom. The molecule has 6 heteroatoms. The molecule has 2 aromatic rings. The molecule has 0 bridgehead atoms. The Bertz CT molecular complexity index is 784. The number of ether oxygens (including phenoxy) is 1. The van der Waals surface area contributed by atoms with Crippen molar-refractivity contribution in [2.45, 2.75) is 39.2 Å². The summed E-state index contributed by atoms with van der Waals surface area (Å²) in [6, 6.07) is 7.31. The molecule has 25 heavy (non-hydrogen) atoms. The predicted molar refractivity (Wildman–Crippen MR) is 95.4 cm³/mol. The van der Waals surface area contributed by atoms with Crippen LogP contribution in [0.1, 0.15) is 40.4 Å². The van der Waals surface area contributed by atoms with E-state index in [1.54, 1.807) is 0 Å². The number of fused-ring (bicyclic) bond motifs is 1. The normalized spacial score (nSPS) is 17.5. The maximum atomic E-state index is 12.9. The predicted octanol–water partition coefficient (Wildman–Crippen LogP) is 4.20. The van der Waals surface area contributed by atoms with Gasteiger partial charge in [-0.2, -0.15) is 0 Å². The lowest BCUT2D eigenvalue weighted by molar-refractivity contribution is -0.123. The second-order valence-corrected chi connectivity index (χ2v) is 7.59. The van der Waals surface area contributed by atoms with Crippen molar-refractivity contribution in [3.63, 3.8) is 0 Å². The second kappa shape index (κ2) is 7.35. The molecule has 0 saturated carbocycles. The molecule has 1 amide bonds. The number of anilines is 1. The summed E-state index contributed by atoms with van der Waals surface area (Å²) in [5.41, 5.74) is 1.67. The number of esters is 1. The summed E-state index contributed by atoms with van der Waals surface area (Å²) in [5.74, 6) is -0.677. The van der Waals surface area contributed by atoms with E-state index in [2.05, 4.69) is 12.2 Å². The molecule has 1 aromatic heterocycles.